The van der Waals surface area contributed by atoms with Crippen LogP contribution in [0, 0.1) is 5.92 Å². The largest absolute Gasteiger partial charge is 0.462 e. The number of hydrogen-bond donors (Lipinski definition) is 0. The number of esters is 2. The van der Waals surface area contributed by atoms with Crippen LogP contribution >= 0.6 is 0 Å². The zero-order valence-electron chi connectivity index (χ0n) is 14.6. The second-order valence-electron chi connectivity index (χ2n) is 6.27. The summed E-state index contributed by atoms with van der Waals surface area (Å²) in [6, 6.07) is 6.41. The normalized spacial score (nSPS) is 12.0. The van der Waals surface area contributed by atoms with Crippen molar-refractivity contribution in [2.24, 2.45) is 5.92 Å². The number of hydrogen-bond acceptors (Lipinski definition) is 4. The molecule has 1 aromatic carbocycles. The molecule has 0 saturated heterocycles. The molecule has 0 heterocycles. The van der Waals surface area contributed by atoms with Crippen molar-refractivity contribution in [3.05, 3.63) is 35.4 Å². The van der Waals surface area contributed by atoms with E-state index in [0.29, 0.717) is 23.7 Å². The van der Waals surface area contributed by atoms with Gasteiger partial charge in [-0.2, -0.15) is 0 Å². The fraction of sp³-hybridized carbons (Fsp3) is 0.579. The Morgan fingerprint density at radius 3 is 2.04 bits per heavy atom. The van der Waals surface area contributed by atoms with Crippen molar-refractivity contribution in [3.8, 4) is 0 Å². The molecule has 4 nitrogen and oxygen atoms in total. The number of carbonyl (C=O) groups excluding carboxylic acids is 2. The fourth-order valence-electron chi connectivity index (χ4n) is 2.31. The van der Waals surface area contributed by atoms with Crippen LogP contribution in [0.3, 0.4) is 0 Å². The van der Waals surface area contributed by atoms with Crippen LogP contribution in [0.25, 0.3) is 0 Å². The molecule has 0 saturated carbocycles. The first-order valence-electron chi connectivity index (χ1n) is 8.42. The molecule has 1 atom stereocenters. The first-order valence-corrected chi connectivity index (χ1v) is 8.42. The van der Waals surface area contributed by atoms with Gasteiger partial charge in [0.05, 0.1) is 23.8 Å². The lowest BCUT2D eigenvalue weighted by Gasteiger charge is -2.15. The zero-order valence-corrected chi connectivity index (χ0v) is 14.6. The minimum Gasteiger partial charge on any atom is -0.462 e. The highest BCUT2D eigenvalue weighted by molar-refractivity contribution is 5.93. The minimum atomic E-state index is -0.360. The van der Waals surface area contributed by atoms with Gasteiger partial charge in [0, 0.05) is 0 Å². The first kappa shape index (κ1) is 19.2. The van der Waals surface area contributed by atoms with Crippen LogP contribution in [0.2, 0.25) is 0 Å². The summed E-state index contributed by atoms with van der Waals surface area (Å²) in [5.41, 5.74) is 0.899. The fourth-order valence-corrected chi connectivity index (χ4v) is 2.31. The monoisotopic (exact) mass is 320 g/mol. The molecule has 1 unspecified atom stereocenters. The van der Waals surface area contributed by atoms with Gasteiger partial charge >= 0.3 is 11.9 Å². The lowest BCUT2D eigenvalue weighted by Crippen LogP contribution is -2.17. The van der Waals surface area contributed by atoms with E-state index < -0.39 is 0 Å². The molecule has 0 spiro atoms. The van der Waals surface area contributed by atoms with Crippen molar-refractivity contribution >= 4 is 11.9 Å². The van der Waals surface area contributed by atoms with E-state index in [2.05, 4.69) is 20.8 Å². The summed E-state index contributed by atoms with van der Waals surface area (Å²) < 4.78 is 10.6. The highest BCUT2D eigenvalue weighted by Gasteiger charge is 2.14. The maximum absolute atomic E-state index is 12.0. The molecule has 0 amide bonds. The van der Waals surface area contributed by atoms with E-state index in [1.165, 1.54) is 0 Å². The summed E-state index contributed by atoms with van der Waals surface area (Å²) >= 11 is 0. The Morgan fingerprint density at radius 1 is 0.957 bits per heavy atom. The lowest BCUT2D eigenvalue weighted by atomic mass is 10.1. The maximum atomic E-state index is 12.0. The predicted molar refractivity (Wildman–Crippen MR) is 90.6 cm³/mol. The second kappa shape index (κ2) is 10.0. The molecular formula is C19H28O4. The van der Waals surface area contributed by atoms with Crippen molar-refractivity contribution < 1.29 is 19.1 Å². The van der Waals surface area contributed by atoms with Gasteiger partial charge < -0.3 is 9.47 Å². The van der Waals surface area contributed by atoms with E-state index in [1.54, 1.807) is 24.3 Å². The molecule has 0 bridgehead atoms. The third-order valence-electron chi connectivity index (χ3n) is 3.45. The van der Waals surface area contributed by atoms with E-state index in [9.17, 15) is 9.59 Å². The van der Waals surface area contributed by atoms with E-state index in [0.717, 1.165) is 25.7 Å². The summed E-state index contributed by atoms with van der Waals surface area (Å²) in [6.45, 7) is 8.60. The summed E-state index contributed by atoms with van der Waals surface area (Å²) in [5.74, 6) is -0.238. The Bertz CT molecular complexity index is 491. The molecule has 128 valence electrons. The Balaban J connectivity index is 2.51. The van der Waals surface area contributed by atoms with Crippen LogP contribution in [-0.4, -0.2) is 24.6 Å². The molecule has 0 N–H and O–H groups in total. The van der Waals surface area contributed by atoms with Crippen molar-refractivity contribution in [1.29, 1.82) is 0 Å². The van der Waals surface area contributed by atoms with Crippen molar-refractivity contribution in [2.75, 3.05) is 6.61 Å². The third-order valence-corrected chi connectivity index (χ3v) is 3.45. The van der Waals surface area contributed by atoms with E-state index in [1.807, 2.05) is 6.92 Å². The maximum Gasteiger partial charge on any atom is 0.338 e. The van der Waals surface area contributed by atoms with Crippen molar-refractivity contribution in [3.63, 3.8) is 0 Å². The molecule has 0 aliphatic rings. The van der Waals surface area contributed by atoms with Crippen LogP contribution in [0.5, 0.6) is 0 Å². The molecule has 0 fully saturated rings. The highest BCUT2D eigenvalue weighted by atomic mass is 16.5. The SMILES string of the molecule is CCCCCOC(=O)c1ccc(C(=O)OC(C)CC(C)C)cc1. The van der Waals surface area contributed by atoms with Gasteiger partial charge in [-0.05, 0) is 49.9 Å². The minimum absolute atomic E-state index is 0.120. The van der Waals surface area contributed by atoms with Gasteiger partial charge in [-0.3, -0.25) is 0 Å². The Hall–Kier alpha value is -1.84. The van der Waals surface area contributed by atoms with Gasteiger partial charge in [0.2, 0.25) is 0 Å². The summed E-state index contributed by atoms with van der Waals surface area (Å²) in [7, 11) is 0. The molecule has 0 aromatic heterocycles. The predicted octanol–water partition coefficient (Wildman–Crippen LogP) is 4.63. The number of unbranched alkanes of at least 4 members (excludes halogenated alkanes) is 2. The number of carbonyl (C=O) groups is 2. The second-order valence-corrected chi connectivity index (χ2v) is 6.27. The Morgan fingerprint density at radius 2 is 1.52 bits per heavy atom. The molecule has 0 radical (unpaired) electrons. The van der Waals surface area contributed by atoms with Gasteiger partial charge in [0.1, 0.15) is 0 Å². The molecule has 1 aromatic rings. The van der Waals surface area contributed by atoms with Crippen LogP contribution in [0.4, 0.5) is 0 Å². The summed E-state index contributed by atoms with van der Waals surface area (Å²) in [5, 5.41) is 0. The Kier molecular flexibility index (Phi) is 8.38. The summed E-state index contributed by atoms with van der Waals surface area (Å²) in [4.78, 5) is 23.9. The molecule has 0 aliphatic carbocycles. The zero-order chi connectivity index (χ0) is 17.2. The van der Waals surface area contributed by atoms with Crippen LogP contribution in [0.15, 0.2) is 24.3 Å². The van der Waals surface area contributed by atoms with Gasteiger partial charge in [0.15, 0.2) is 0 Å². The molecule has 0 aliphatic heterocycles. The smallest absolute Gasteiger partial charge is 0.338 e. The lowest BCUT2D eigenvalue weighted by molar-refractivity contribution is 0.0298. The van der Waals surface area contributed by atoms with Gasteiger partial charge in [-0.25, -0.2) is 9.59 Å². The van der Waals surface area contributed by atoms with Crippen LogP contribution in [-0.2, 0) is 9.47 Å². The van der Waals surface area contributed by atoms with Gasteiger partial charge in [-0.1, -0.05) is 33.6 Å². The number of ether oxygens (including phenoxy) is 2. The molecule has 1 rings (SSSR count). The topological polar surface area (TPSA) is 52.6 Å². The van der Waals surface area contributed by atoms with E-state index in [4.69, 9.17) is 9.47 Å². The third kappa shape index (κ3) is 7.31. The van der Waals surface area contributed by atoms with E-state index in [-0.39, 0.29) is 18.0 Å². The molecule has 23 heavy (non-hydrogen) atoms. The van der Waals surface area contributed by atoms with Gasteiger partial charge in [0.25, 0.3) is 0 Å². The van der Waals surface area contributed by atoms with Gasteiger partial charge in [-0.15, -0.1) is 0 Å². The first-order chi connectivity index (χ1) is 10.9. The quantitative estimate of drug-likeness (QED) is 0.492. The molecular weight excluding hydrogens is 292 g/mol. The Labute approximate surface area is 139 Å². The van der Waals surface area contributed by atoms with E-state index >= 15 is 0 Å². The van der Waals surface area contributed by atoms with Crippen molar-refractivity contribution in [2.45, 2.75) is 59.5 Å². The number of rotatable bonds is 9. The highest BCUT2D eigenvalue weighted by Crippen LogP contribution is 2.12. The number of benzene rings is 1. The molecule has 4 heteroatoms. The van der Waals surface area contributed by atoms with Crippen molar-refractivity contribution in [1.82, 2.24) is 0 Å². The average molecular weight is 320 g/mol. The average Bonchev–Trinajstić information content (AvgIpc) is 2.50. The standard InChI is InChI=1S/C19H28O4/c1-5-6-7-12-22-18(20)16-8-10-17(11-9-16)19(21)23-15(4)13-14(2)3/h8-11,14-15H,5-7,12-13H2,1-4H3. The summed E-state index contributed by atoms with van der Waals surface area (Å²) in [6.07, 6.45) is 3.72. The van der Waals surface area contributed by atoms with Crippen LogP contribution < -0.4 is 0 Å². The van der Waals surface area contributed by atoms with Crippen LogP contribution in [0.1, 0.15) is 74.1 Å².